The number of fused-ring (bicyclic) bond motifs is 1. The molecule has 1 heterocycles. The first-order valence-electron chi connectivity index (χ1n) is 7.45. The maximum Gasteiger partial charge on any atom is 0.293 e. The smallest absolute Gasteiger partial charge is 0.293 e. The molecule has 0 amide bonds. The first kappa shape index (κ1) is 16.9. The molecule has 6 nitrogen and oxygen atoms in total. The molecule has 0 radical (unpaired) electrons. The molecule has 0 unspecified atom stereocenters. The Bertz CT molecular complexity index is 1010. The van der Waals surface area contributed by atoms with E-state index in [2.05, 4.69) is 0 Å². The number of ketones is 1. The van der Waals surface area contributed by atoms with Crippen molar-refractivity contribution >= 4 is 39.2 Å². The number of nitro benzene ring substituents is 1. The van der Waals surface area contributed by atoms with Crippen LogP contribution in [0.5, 0.6) is 0 Å². The second-order valence-corrected chi connectivity index (χ2v) is 5.94. The number of non-ortho nitro benzene ring substituents is 1. The van der Waals surface area contributed by atoms with Gasteiger partial charge in [0.2, 0.25) is 5.78 Å². The van der Waals surface area contributed by atoms with Gasteiger partial charge in [0.1, 0.15) is 0 Å². The monoisotopic (exact) mass is 356 g/mol. The zero-order valence-corrected chi connectivity index (χ0v) is 14.0. The van der Waals surface area contributed by atoms with Gasteiger partial charge in [-0.3, -0.25) is 19.7 Å². The number of rotatable bonds is 5. The molecule has 0 aliphatic heterocycles. The number of hydrogen-bond donors (Lipinski definition) is 0. The summed E-state index contributed by atoms with van der Waals surface area (Å²) in [6, 6.07) is 13.8. The minimum absolute atomic E-state index is 0.106. The van der Waals surface area contributed by atoms with E-state index in [0.717, 1.165) is 5.56 Å². The summed E-state index contributed by atoms with van der Waals surface area (Å²) in [5, 5.41) is 10.3. The van der Waals surface area contributed by atoms with Crippen LogP contribution in [0.2, 0.25) is 0 Å². The number of nitrogens with zero attached hydrogens (tertiary/aromatic N) is 2. The first-order chi connectivity index (χ1) is 11.9. The van der Waals surface area contributed by atoms with Gasteiger partial charge in [-0.05, 0) is 30.2 Å². The molecule has 0 saturated heterocycles. The maximum atomic E-state index is 12.3. The number of benzene rings is 2. The van der Waals surface area contributed by atoms with E-state index in [1.165, 1.54) is 12.1 Å². The van der Waals surface area contributed by atoms with Crippen LogP contribution in [0.3, 0.4) is 0 Å². The number of Topliss-reactive ketones (excluding diaryl/α,β-unsaturated/α-hetero) is 1. The summed E-state index contributed by atoms with van der Waals surface area (Å²) in [4.78, 5) is 34.2. The maximum absolute atomic E-state index is 12.3. The summed E-state index contributed by atoms with van der Waals surface area (Å²) in [5.74, 6) is -0.864. The standard InChI is InChI=1S/C18H13ClN2O4/c1-11-16(17(22)18(19)23)14-9-13(21(24)25)7-8-15(14)20(11)10-12-5-3-2-4-6-12/h2-9H,10H2,1H3. The van der Waals surface area contributed by atoms with Gasteiger partial charge in [-0.15, -0.1) is 0 Å². The normalized spacial score (nSPS) is 10.8. The van der Waals surface area contributed by atoms with Crippen molar-refractivity contribution in [2.45, 2.75) is 13.5 Å². The third-order valence-corrected chi connectivity index (χ3v) is 4.28. The minimum atomic E-state index is -1.12. The topological polar surface area (TPSA) is 82.2 Å². The van der Waals surface area contributed by atoms with Gasteiger partial charge in [-0.25, -0.2) is 0 Å². The average Bonchev–Trinajstić information content (AvgIpc) is 2.86. The second-order valence-electron chi connectivity index (χ2n) is 5.59. The third kappa shape index (κ3) is 3.04. The van der Waals surface area contributed by atoms with Crippen LogP contribution in [0.25, 0.3) is 10.9 Å². The Morgan fingerprint density at radius 2 is 1.84 bits per heavy atom. The largest absolute Gasteiger partial charge is 0.340 e. The fourth-order valence-electron chi connectivity index (χ4n) is 2.94. The quantitative estimate of drug-likeness (QED) is 0.228. The number of nitro groups is 1. The second kappa shape index (κ2) is 6.49. The highest BCUT2D eigenvalue weighted by Gasteiger charge is 2.25. The van der Waals surface area contributed by atoms with Crippen molar-refractivity contribution in [1.82, 2.24) is 4.57 Å². The van der Waals surface area contributed by atoms with Crippen molar-refractivity contribution in [2.75, 3.05) is 0 Å². The Labute approximate surface area is 147 Å². The van der Waals surface area contributed by atoms with Gasteiger partial charge in [-0.1, -0.05) is 30.3 Å². The van der Waals surface area contributed by atoms with Gasteiger partial charge in [0.25, 0.3) is 10.9 Å². The predicted molar refractivity (Wildman–Crippen MR) is 94.1 cm³/mol. The SMILES string of the molecule is Cc1c(C(=O)C(=O)Cl)c2cc([N+](=O)[O-])ccc2n1Cc1ccccc1. The Balaban J connectivity index is 2.26. The molecule has 3 rings (SSSR count). The van der Waals surface area contributed by atoms with E-state index < -0.39 is 15.9 Å². The van der Waals surface area contributed by atoms with E-state index in [9.17, 15) is 19.7 Å². The Morgan fingerprint density at radius 1 is 1.16 bits per heavy atom. The van der Waals surface area contributed by atoms with Crippen LogP contribution in [0, 0.1) is 17.0 Å². The lowest BCUT2D eigenvalue weighted by molar-refractivity contribution is -0.384. The predicted octanol–water partition coefficient (Wildman–Crippen LogP) is 3.85. The molecular formula is C18H13ClN2O4. The molecule has 25 heavy (non-hydrogen) atoms. The van der Waals surface area contributed by atoms with Crippen molar-refractivity contribution in [3.05, 3.63) is 75.5 Å². The van der Waals surface area contributed by atoms with Gasteiger partial charge in [0.15, 0.2) is 0 Å². The lowest BCUT2D eigenvalue weighted by Crippen LogP contribution is -2.10. The van der Waals surface area contributed by atoms with Gasteiger partial charge in [0.05, 0.1) is 10.5 Å². The number of halogens is 1. The molecule has 0 fully saturated rings. The zero-order valence-electron chi connectivity index (χ0n) is 13.2. The van der Waals surface area contributed by atoms with Crippen molar-refractivity contribution in [1.29, 1.82) is 0 Å². The van der Waals surface area contributed by atoms with Crippen molar-refractivity contribution in [2.24, 2.45) is 0 Å². The van der Waals surface area contributed by atoms with Crippen molar-refractivity contribution in [3.63, 3.8) is 0 Å². The molecule has 3 aromatic rings. The third-order valence-electron chi connectivity index (χ3n) is 4.11. The molecule has 2 aromatic carbocycles. The molecule has 7 heteroatoms. The molecule has 0 aliphatic rings. The summed E-state index contributed by atoms with van der Waals surface area (Å²) < 4.78 is 1.85. The van der Waals surface area contributed by atoms with E-state index in [1.807, 2.05) is 34.9 Å². The van der Waals surface area contributed by atoms with Crippen LogP contribution in [-0.4, -0.2) is 20.5 Å². The molecule has 0 spiro atoms. The van der Waals surface area contributed by atoms with E-state index in [-0.39, 0.29) is 11.3 Å². The summed E-state index contributed by atoms with van der Waals surface area (Å²) in [7, 11) is 0. The van der Waals surface area contributed by atoms with Crippen LogP contribution in [0.4, 0.5) is 5.69 Å². The molecule has 0 bridgehead atoms. The van der Waals surface area contributed by atoms with Crippen molar-refractivity contribution in [3.8, 4) is 0 Å². The Kier molecular flexibility index (Phi) is 4.37. The number of carbonyl (C=O) groups excluding carboxylic acids is 2. The fourth-order valence-corrected chi connectivity index (χ4v) is 3.03. The first-order valence-corrected chi connectivity index (χ1v) is 7.83. The number of aromatic nitrogens is 1. The minimum Gasteiger partial charge on any atom is -0.340 e. The van der Waals surface area contributed by atoms with E-state index in [1.54, 1.807) is 13.0 Å². The highest BCUT2D eigenvalue weighted by atomic mass is 35.5. The van der Waals surface area contributed by atoms with Gasteiger partial charge in [0, 0.05) is 35.3 Å². The highest BCUT2D eigenvalue weighted by molar-refractivity contribution is 6.83. The molecule has 126 valence electrons. The lowest BCUT2D eigenvalue weighted by Gasteiger charge is -2.08. The van der Waals surface area contributed by atoms with Crippen molar-refractivity contribution < 1.29 is 14.5 Å². The van der Waals surface area contributed by atoms with E-state index in [4.69, 9.17) is 11.6 Å². The van der Waals surface area contributed by atoms with E-state index in [0.29, 0.717) is 23.1 Å². The fraction of sp³-hybridized carbons (Fsp3) is 0.111. The number of hydrogen-bond acceptors (Lipinski definition) is 4. The van der Waals surface area contributed by atoms with E-state index >= 15 is 0 Å². The highest BCUT2D eigenvalue weighted by Crippen LogP contribution is 2.31. The molecule has 0 N–H and O–H groups in total. The summed E-state index contributed by atoms with van der Waals surface area (Å²) in [6.07, 6.45) is 0. The Morgan fingerprint density at radius 3 is 2.44 bits per heavy atom. The molecule has 0 aliphatic carbocycles. The van der Waals surface area contributed by atoms with Crippen LogP contribution in [0.15, 0.2) is 48.5 Å². The van der Waals surface area contributed by atoms with Gasteiger partial charge in [-0.2, -0.15) is 0 Å². The Hall–Kier alpha value is -2.99. The summed E-state index contributed by atoms with van der Waals surface area (Å²) in [5.41, 5.74) is 2.12. The summed E-state index contributed by atoms with van der Waals surface area (Å²) >= 11 is 5.38. The number of carbonyl (C=O) groups is 2. The van der Waals surface area contributed by atoms with Crippen LogP contribution in [-0.2, 0) is 11.3 Å². The zero-order chi connectivity index (χ0) is 18.1. The lowest BCUT2D eigenvalue weighted by atomic mass is 10.1. The molecule has 0 saturated carbocycles. The average molecular weight is 357 g/mol. The van der Waals surface area contributed by atoms with Gasteiger partial charge >= 0.3 is 0 Å². The van der Waals surface area contributed by atoms with Crippen LogP contribution < -0.4 is 0 Å². The molecule has 1 aromatic heterocycles. The van der Waals surface area contributed by atoms with Gasteiger partial charge < -0.3 is 4.57 Å². The van der Waals surface area contributed by atoms with Crippen LogP contribution >= 0.6 is 11.6 Å². The summed E-state index contributed by atoms with van der Waals surface area (Å²) in [6.45, 7) is 2.16. The molecular weight excluding hydrogens is 344 g/mol. The molecule has 0 atom stereocenters. The van der Waals surface area contributed by atoms with Crippen LogP contribution in [0.1, 0.15) is 21.6 Å².